The molecule has 0 saturated carbocycles. The van der Waals surface area contributed by atoms with Crippen LogP contribution in [-0.2, 0) is 6.61 Å². The summed E-state index contributed by atoms with van der Waals surface area (Å²) < 4.78 is 22.6. The molecule has 0 atom stereocenters. The maximum Gasteiger partial charge on any atom is 0.220 e. The van der Waals surface area contributed by atoms with Gasteiger partial charge in [-0.2, -0.15) is 0 Å². The average Bonchev–Trinajstić information content (AvgIpc) is 2.78. The molecule has 0 fully saturated rings. The summed E-state index contributed by atoms with van der Waals surface area (Å²) in [6.45, 7) is 0.522. The second-order valence-corrected chi connectivity index (χ2v) is 6.37. The van der Waals surface area contributed by atoms with Crippen molar-refractivity contribution in [2.45, 2.75) is 6.61 Å². The number of fused-ring (bicyclic) bond motifs is 1. The molecule has 29 heavy (non-hydrogen) atoms. The van der Waals surface area contributed by atoms with Gasteiger partial charge in [0.15, 0.2) is 11.5 Å². The third-order valence-corrected chi connectivity index (χ3v) is 4.47. The van der Waals surface area contributed by atoms with Crippen molar-refractivity contribution in [1.82, 2.24) is 4.98 Å². The molecule has 0 N–H and O–H groups in total. The summed E-state index contributed by atoms with van der Waals surface area (Å²) in [5, 5.41) is 0.968. The van der Waals surface area contributed by atoms with Crippen molar-refractivity contribution in [3.05, 3.63) is 84.4 Å². The Morgan fingerprint density at radius 3 is 2.24 bits per heavy atom. The van der Waals surface area contributed by atoms with Gasteiger partial charge in [-0.05, 0) is 42.0 Å². The number of aromatic nitrogens is 1. The van der Waals surface area contributed by atoms with Gasteiger partial charge in [-0.25, -0.2) is 4.98 Å². The zero-order valence-corrected chi connectivity index (χ0v) is 16.3. The molecule has 0 radical (unpaired) electrons. The highest BCUT2D eigenvalue weighted by atomic mass is 16.5. The number of methoxy groups -OCH3 is 2. The predicted octanol–water partition coefficient (Wildman–Crippen LogP) is 5.62. The van der Waals surface area contributed by atoms with Crippen molar-refractivity contribution < 1.29 is 18.9 Å². The standard InChI is InChI=1S/C24H21NO4/c1-26-21-9-6-10-22(27-2)24(21)29-23-14-11-18-15-19(12-13-20(18)25-23)28-16-17-7-4-3-5-8-17/h3-15H,16H2,1-2H3. The number of rotatable bonds is 7. The minimum atomic E-state index is 0.457. The third kappa shape index (κ3) is 4.24. The molecular weight excluding hydrogens is 366 g/mol. The first kappa shape index (κ1) is 18.6. The Morgan fingerprint density at radius 1 is 0.759 bits per heavy atom. The zero-order chi connectivity index (χ0) is 20.1. The van der Waals surface area contributed by atoms with Gasteiger partial charge >= 0.3 is 0 Å². The van der Waals surface area contributed by atoms with Crippen LogP contribution in [0.1, 0.15) is 5.56 Å². The van der Waals surface area contributed by atoms with Crippen LogP contribution in [0.4, 0.5) is 0 Å². The van der Waals surface area contributed by atoms with Gasteiger partial charge in [0, 0.05) is 11.5 Å². The summed E-state index contributed by atoms with van der Waals surface area (Å²) >= 11 is 0. The number of hydrogen-bond acceptors (Lipinski definition) is 5. The Labute approximate surface area is 169 Å². The van der Waals surface area contributed by atoms with Gasteiger partial charge in [0.1, 0.15) is 12.4 Å². The Morgan fingerprint density at radius 2 is 1.52 bits per heavy atom. The summed E-state index contributed by atoms with van der Waals surface area (Å²) in [5.41, 5.74) is 1.93. The molecular formula is C24H21NO4. The molecule has 146 valence electrons. The van der Waals surface area contributed by atoms with Crippen LogP contribution in [0.3, 0.4) is 0 Å². The van der Waals surface area contributed by atoms with E-state index in [1.807, 2.05) is 78.9 Å². The normalized spacial score (nSPS) is 10.6. The van der Waals surface area contributed by atoms with Gasteiger partial charge in [0.2, 0.25) is 11.6 Å². The number of para-hydroxylation sites is 1. The monoisotopic (exact) mass is 387 g/mol. The van der Waals surface area contributed by atoms with Crippen molar-refractivity contribution >= 4 is 10.9 Å². The highest BCUT2D eigenvalue weighted by Gasteiger charge is 2.13. The van der Waals surface area contributed by atoms with Crippen LogP contribution in [0.25, 0.3) is 10.9 Å². The SMILES string of the molecule is COc1cccc(OC)c1Oc1ccc2cc(OCc3ccccc3)ccc2n1. The summed E-state index contributed by atoms with van der Waals surface area (Å²) in [5.74, 6) is 2.90. The van der Waals surface area contributed by atoms with Crippen LogP contribution in [0.15, 0.2) is 78.9 Å². The van der Waals surface area contributed by atoms with Crippen LogP contribution >= 0.6 is 0 Å². The van der Waals surface area contributed by atoms with E-state index in [2.05, 4.69) is 4.98 Å². The molecule has 0 amide bonds. The fraction of sp³-hybridized carbons (Fsp3) is 0.125. The highest BCUT2D eigenvalue weighted by Crippen LogP contribution is 2.39. The topological polar surface area (TPSA) is 49.8 Å². The van der Waals surface area contributed by atoms with Crippen LogP contribution in [0.5, 0.6) is 28.9 Å². The maximum absolute atomic E-state index is 5.97. The molecule has 1 heterocycles. The first-order valence-electron chi connectivity index (χ1n) is 9.23. The van der Waals surface area contributed by atoms with E-state index in [4.69, 9.17) is 18.9 Å². The summed E-state index contributed by atoms with van der Waals surface area (Å²) in [4.78, 5) is 4.59. The van der Waals surface area contributed by atoms with Crippen molar-refractivity contribution in [1.29, 1.82) is 0 Å². The second-order valence-electron chi connectivity index (χ2n) is 6.37. The first-order chi connectivity index (χ1) is 14.3. The number of nitrogens with zero attached hydrogens (tertiary/aromatic N) is 1. The molecule has 4 aromatic rings. The van der Waals surface area contributed by atoms with Crippen LogP contribution < -0.4 is 18.9 Å². The Bertz CT molecular complexity index is 1090. The fourth-order valence-corrected chi connectivity index (χ4v) is 2.99. The molecule has 0 bridgehead atoms. The van der Waals surface area contributed by atoms with E-state index in [0.29, 0.717) is 29.7 Å². The number of benzene rings is 3. The minimum Gasteiger partial charge on any atom is -0.493 e. The van der Waals surface area contributed by atoms with E-state index in [1.165, 1.54) is 0 Å². The lowest BCUT2D eigenvalue weighted by Crippen LogP contribution is -1.96. The van der Waals surface area contributed by atoms with Gasteiger partial charge in [0.05, 0.1) is 19.7 Å². The Balaban J connectivity index is 1.55. The Kier molecular flexibility index (Phi) is 5.47. The molecule has 0 aliphatic heterocycles. The number of pyridine rings is 1. The van der Waals surface area contributed by atoms with E-state index >= 15 is 0 Å². The summed E-state index contributed by atoms with van der Waals surface area (Å²) in [7, 11) is 3.18. The molecule has 5 nitrogen and oxygen atoms in total. The summed E-state index contributed by atoms with van der Waals surface area (Å²) in [6.07, 6.45) is 0. The minimum absolute atomic E-state index is 0.457. The average molecular weight is 387 g/mol. The molecule has 0 saturated heterocycles. The second kappa shape index (κ2) is 8.52. The lowest BCUT2D eigenvalue weighted by molar-refractivity contribution is 0.306. The highest BCUT2D eigenvalue weighted by molar-refractivity contribution is 5.80. The molecule has 0 aliphatic rings. The largest absolute Gasteiger partial charge is 0.493 e. The van der Waals surface area contributed by atoms with Crippen LogP contribution in [0.2, 0.25) is 0 Å². The molecule has 5 heteroatoms. The van der Waals surface area contributed by atoms with Gasteiger partial charge < -0.3 is 18.9 Å². The van der Waals surface area contributed by atoms with Crippen molar-refractivity contribution in [3.8, 4) is 28.9 Å². The number of ether oxygens (including phenoxy) is 4. The van der Waals surface area contributed by atoms with E-state index in [0.717, 1.165) is 22.2 Å². The van der Waals surface area contributed by atoms with Crippen LogP contribution in [-0.4, -0.2) is 19.2 Å². The molecule has 0 unspecified atom stereocenters. The Hall–Kier alpha value is -3.73. The zero-order valence-electron chi connectivity index (χ0n) is 16.3. The van der Waals surface area contributed by atoms with E-state index in [1.54, 1.807) is 14.2 Å². The van der Waals surface area contributed by atoms with Crippen molar-refractivity contribution in [3.63, 3.8) is 0 Å². The first-order valence-corrected chi connectivity index (χ1v) is 9.23. The van der Waals surface area contributed by atoms with E-state index in [9.17, 15) is 0 Å². The third-order valence-electron chi connectivity index (χ3n) is 4.47. The molecule has 0 aliphatic carbocycles. The smallest absolute Gasteiger partial charge is 0.220 e. The molecule has 0 spiro atoms. The van der Waals surface area contributed by atoms with Crippen molar-refractivity contribution in [2.24, 2.45) is 0 Å². The molecule has 1 aromatic heterocycles. The lowest BCUT2D eigenvalue weighted by atomic mass is 10.2. The lowest BCUT2D eigenvalue weighted by Gasteiger charge is -2.13. The van der Waals surface area contributed by atoms with Gasteiger partial charge in [0.25, 0.3) is 0 Å². The quantitative estimate of drug-likeness (QED) is 0.412. The number of hydrogen-bond donors (Lipinski definition) is 0. The van der Waals surface area contributed by atoms with E-state index < -0.39 is 0 Å². The van der Waals surface area contributed by atoms with Gasteiger partial charge in [-0.15, -0.1) is 0 Å². The predicted molar refractivity (Wildman–Crippen MR) is 112 cm³/mol. The van der Waals surface area contributed by atoms with Crippen molar-refractivity contribution in [2.75, 3.05) is 14.2 Å². The van der Waals surface area contributed by atoms with E-state index in [-0.39, 0.29) is 0 Å². The van der Waals surface area contributed by atoms with Crippen LogP contribution in [0, 0.1) is 0 Å². The van der Waals surface area contributed by atoms with Gasteiger partial charge in [-0.1, -0.05) is 36.4 Å². The molecule has 4 rings (SSSR count). The molecule has 3 aromatic carbocycles. The fourth-order valence-electron chi connectivity index (χ4n) is 2.99. The summed E-state index contributed by atoms with van der Waals surface area (Å²) in [6, 6.07) is 25.1. The maximum atomic E-state index is 5.97. The van der Waals surface area contributed by atoms with Gasteiger partial charge in [-0.3, -0.25) is 0 Å².